The number of fused-ring (bicyclic) bond motifs is 7. The number of anilines is 2. The van der Waals surface area contributed by atoms with Gasteiger partial charge in [0.25, 0.3) is 0 Å². The molecule has 34 heavy (non-hydrogen) atoms. The number of cyclic esters (lactones) is 1. The largest absolute Gasteiger partial charge is 0.461 e. The lowest BCUT2D eigenvalue weighted by molar-refractivity contribution is -0.138. The van der Waals surface area contributed by atoms with Crippen LogP contribution in [0.15, 0.2) is 65.8 Å². The van der Waals surface area contributed by atoms with Gasteiger partial charge in [-0.25, -0.2) is 4.79 Å². The standard InChI is InChI=1S/C24H16F3N3O3S/c25-24(26,27)34-14-7-5-13(6-8-14)30-20-17(11-23(32)12-33-22(31)21(23)30)15-3-1-9-28-18(15)16-4-2-10-29-19(16)20/h1-10,21,32H,11-12H2. The monoisotopic (exact) mass is 483 g/mol. The Kier molecular flexibility index (Phi) is 4.56. The Bertz CT molecular complexity index is 1460. The highest BCUT2D eigenvalue weighted by molar-refractivity contribution is 8.00. The van der Waals surface area contributed by atoms with Crippen molar-refractivity contribution in [2.45, 2.75) is 28.5 Å². The first kappa shape index (κ1) is 21.2. The van der Waals surface area contributed by atoms with Crippen molar-refractivity contribution >= 4 is 50.9 Å². The van der Waals surface area contributed by atoms with E-state index >= 15 is 0 Å². The third kappa shape index (κ3) is 3.20. The van der Waals surface area contributed by atoms with Crippen LogP contribution in [-0.4, -0.2) is 44.8 Å². The predicted octanol–water partition coefficient (Wildman–Crippen LogP) is 4.75. The molecule has 172 valence electrons. The van der Waals surface area contributed by atoms with Gasteiger partial charge >= 0.3 is 11.5 Å². The van der Waals surface area contributed by atoms with E-state index in [0.717, 1.165) is 16.3 Å². The molecule has 0 radical (unpaired) electrons. The Hall–Kier alpha value is -3.37. The molecule has 2 aromatic carbocycles. The number of pyridine rings is 2. The molecule has 4 aromatic rings. The number of ether oxygens (including phenoxy) is 1. The normalized spacial score (nSPS) is 22.1. The molecule has 0 aliphatic carbocycles. The van der Waals surface area contributed by atoms with Crippen molar-refractivity contribution in [3.05, 3.63) is 66.5 Å². The van der Waals surface area contributed by atoms with Crippen molar-refractivity contribution in [2.24, 2.45) is 0 Å². The average molecular weight is 483 g/mol. The second-order valence-electron chi connectivity index (χ2n) is 8.33. The van der Waals surface area contributed by atoms with Crippen molar-refractivity contribution in [1.29, 1.82) is 0 Å². The zero-order valence-electron chi connectivity index (χ0n) is 17.4. The number of esters is 1. The molecule has 2 aliphatic heterocycles. The van der Waals surface area contributed by atoms with Gasteiger partial charge in [-0.15, -0.1) is 0 Å². The molecule has 6 nitrogen and oxygen atoms in total. The first-order valence-corrected chi connectivity index (χ1v) is 11.3. The van der Waals surface area contributed by atoms with Crippen molar-refractivity contribution in [3.63, 3.8) is 0 Å². The van der Waals surface area contributed by atoms with Gasteiger partial charge in [-0.2, -0.15) is 13.2 Å². The Morgan fingerprint density at radius 3 is 2.41 bits per heavy atom. The van der Waals surface area contributed by atoms with Gasteiger partial charge in [0, 0.05) is 40.2 Å². The molecule has 1 N–H and O–H groups in total. The molecule has 10 heteroatoms. The first-order valence-electron chi connectivity index (χ1n) is 10.4. The molecule has 1 saturated heterocycles. The van der Waals surface area contributed by atoms with Crippen LogP contribution in [0.3, 0.4) is 0 Å². The fraction of sp³-hybridized carbons (Fsp3) is 0.208. The van der Waals surface area contributed by atoms with Crippen LogP contribution in [0.1, 0.15) is 5.56 Å². The number of hydrogen-bond acceptors (Lipinski definition) is 7. The molecule has 2 aliphatic rings. The summed E-state index contributed by atoms with van der Waals surface area (Å²) in [5, 5.41) is 13.1. The minimum Gasteiger partial charge on any atom is -0.461 e. The number of benzene rings is 2. The number of aliphatic hydroxyl groups is 1. The van der Waals surface area contributed by atoms with E-state index in [-0.39, 0.29) is 29.7 Å². The summed E-state index contributed by atoms with van der Waals surface area (Å²) >= 11 is -0.215. The molecular weight excluding hydrogens is 467 g/mol. The molecule has 2 aromatic heterocycles. The molecule has 0 amide bonds. The van der Waals surface area contributed by atoms with Gasteiger partial charge in [0.1, 0.15) is 12.2 Å². The Morgan fingerprint density at radius 1 is 1.03 bits per heavy atom. The fourth-order valence-electron chi connectivity index (χ4n) is 4.95. The number of halogens is 3. The molecule has 2 unspecified atom stereocenters. The highest BCUT2D eigenvalue weighted by atomic mass is 32.2. The van der Waals surface area contributed by atoms with Gasteiger partial charge in [0.15, 0.2) is 6.04 Å². The van der Waals surface area contributed by atoms with Gasteiger partial charge < -0.3 is 14.7 Å². The van der Waals surface area contributed by atoms with Crippen LogP contribution in [0, 0.1) is 0 Å². The molecule has 6 rings (SSSR count). The molecule has 0 bridgehead atoms. The van der Waals surface area contributed by atoms with Crippen molar-refractivity contribution in [3.8, 4) is 0 Å². The molecule has 2 atom stereocenters. The zero-order valence-corrected chi connectivity index (χ0v) is 18.2. The molecule has 4 heterocycles. The van der Waals surface area contributed by atoms with Crippen molar-refractivity contribution < 1.29 is 27.8 Å². The number of hydrogen-bond donors (Lipinski definition) is 1. The molecule has 0 saturated carbocycles. The van der Waals surface area contributed by atoms with E-state index in [9.17, 15) is 23.1 Å². The van der Waals surface area contributed by atoms with Gasteiger partial charge in [-0.3, -0.25) is 9.97 Å². The second kappa shape index (κ2) is 7.31. The summed E-state index contributed by atoms with van der Waals surface area (Å²) in [6.45, 7) is -0.184. The van der Waals surface area contributed by atoms with E-state index in [2.05, 4.69) is 9.97 Å². The van der Waals surface area contributed by atoms with Gasteiger partial charge in [0.05, 0.1) is 16.7 Å². The van der Waals surface area contributed by atoms with Crippen LogP contribution >= 0.6 is 11.8 Å². The van der Waals surface area contributed by atoms with Crippen LogP contribution in [-0.2, 0) is 16.0 Å². The van der Waals surface area contributed by atoms with Crippen LogP contribution in [0.25, 0.3) is 21.8 Å². The Labute approximate surface area is 195 Å². The summed E-state index contributed by atoms with van der Waals surface area (Å²) in [5.41, 5.74) is -2.83. The van der Waals surface area contributed by atoms with E-state index in [4.69, 9.17) is 4.74 Å². The maximum absolute atomic E-state index is 12.9. The van der Waals surface area contributed by atoms with Gasteiger partial charge in [-0.05, 0) is 59.8 Å². The summed E-state index contributed by atoms with van der Waals surface area (Å²) in [4.78, 5) is 23.6. The quantitative estimate of drug-likeness (QED) is 0.251. The Morgan fingerprint density at radius 2 is 1.71 bits per heavy atom. The van der Waals surface area contributed by atoms with Crippen LogP contribution in [0.5, 0.6) is 0 Å². The Balaban J connectivity index is 1.64. The lowest BCUT2D eigenvalue weighted by Crippen LogP contribution is -2.56. The summed E-state index contributed by atoms with van der Waals surface area (Å²) in [6, 6.07) is 12.0. The number of thioether (sulfide) groups is 1. The smallest absolute Gasteiger partial charge is 0.446 e. The minimum absolute atomic E-state index is 0.0171. The summed E-state index contributed by atoms with van der Waals surface area (Å²) in [6.07, 6.45) is 3.46. The minimum atomic E-state index is -4.42. The summed E-state index contributed by atoms with van der Waals surface area (Å²) in [5.74, 6) is -0.600. The van der Waals surface area contributed by atoms with Crippen LogP contribution in [0.2, 0.25) is 0 Å². The topological polar surface area (TPSA) is 75.5 Å². The van der Waals surface area contributed by atoms with E-state index in [0.29, 0.717) is 22.4 Å². The lowest BCUT2D eigenvalue weighted by Gasteiger charge is -2.43. The van der Waals surface area contributed by atoms with Gasteiger partial charge in [-0.1, -0.05) is 6.07 Å². The number of rotatable bonds is 2. The lowest BCUT2D eigenvalue weighted by atomic mass is 9.80. The molecule has 0 spiro atoms. The fourth-order valence-corrected chi connectivity index (χ4v) is 5.49. The predicted molar refractivity (Wildman–Crippen MR) is 121 cm³/mol. The SMILES string of the molecule is O=C1OCC2(O)Cc3c(c4ncccc4c4ncccc34)N(c3ccc(SC(F)(F)F)cc3)C12. The highest BCUT2D eigenvalue weighted by Crippen LogP contribution is 2.49. The van der Waals surface area contributed by atoms with Crippen LogP contribution < -0.4 is 4.90 Å². The van der Waals surface area contributed by atoms with Crippen molar-refractivity contribution in [2.75, 3.05) is 11.5 Å². The second-order valence-corrected chi connectivity index (χ2v) is 9.47. The third-order valence-electron chi connectivity index (χ3n) is 6.23. The molecular formula is C24H16F3N3O3S. The van der Waals surface area contributed by atoms with E-state index < -0.39 is 23.1 Å². The number of nitrogens with zero attached hydrogens (tertiary/aromatic N) is 3. The van der Waals surface area contributed by atoms with E-state index in [1.165, 1.54) is 24.3 Å². The van der Waals surface area contributed by atoms with Crippen LogP contribution in [0.4, 0.5) is 24.5 Å². The maximum Gasteiger partial charge on any atom is 0.446 e. The number of aromatic nitrogens is 2. The molecule has 1 fully saturated rings. The zero-order chi connectivity index (χ0) is 23.7. The summed E-state index contributed by atoms with van der Waals surface area (Å²) < 4.78 is 43.8. The van der Waals surface area contributed by atoms with E-state index in [1.807, 2.05) is 12.1 Å². The van der Waals surface area contributed by atoms with Gasteiger partial charge in [0.2, 0.25) is 0 Å². The first-order chi connectivity index (χ1) is 16.3. The maximum atomic E-state index is 12.9. The van der Waals surface area contributed by atoms with Crippen molar-refractivity contribution in [1.82, 2.24) is 9.97 Å². The number of alkyl halides is 3. The third-order valence-corrected chi connectivity index (χ3v) is 6.97. The average Bonchev–Trinajstić information content (AvgIpc) is 3.12. The number of carbonyl (C=O) groups excluding carboxylic acids is 1. The summed E-state index contributed by atoms with van der Waals surface area (Å²) in [7, 11) is 0. The highest BCUT2D eigenvalue weighted by Gasteiger charge is 2.57. The van der Waals surface area contributed by atoms with E-state index in [1.54, 1.807) is 29.4 Å². The number of carbonyl (C=O) groups is 1.